The topological polar surface area (TPSA) is 86.8 Å². The number of aryl methyl sites for hydroxylation is 3. The van der Waals surface area contributed by atoms with Crippen LogP contribution in [0.2, 0.25) is 0 Å². The average molecular weight is 429 g/mol. The molecule has 3 aromatic heterocycles. The van der Waals surface area contributed by atoms with Crippen LogP contribution in [-0.4, -0.2) is 46.5 Å². The molecule has 0 saturated carbocycles. The fraction of sp³-hybridized carbons (Fsp3) is 0.280. The third-order valence-corrected chi connectivity index (χ3v) is 5.59. The van der Waals surface area contributed by atoms with Crippen LogP contribution in [0.15, 0.2) is 42.9 Å². The van der Waals surface area contributed by atoms with Gasteiger partial charge in [0.1, 0.15) is 0 Å². The van der Waals surface area contributed by atoms with Gasteiger partial charge < -0.3 is 15.2 Å². The normalized spacial score (nSPS) is 11.0. The van der Waals surface area contributed by atoms with E-state index in [4.69, 9.17) is 0 Å². The number of benzene rings is 1. The maximum absolute atomic E-state index is 13.1. The molecule has 0 radical (unpaired) electrons. The molecule has 1 aromatic carbocycles. The molecule has 7 nitrogen and oxygen atoms in total. The summed E-state index contributed by atoms with van der Waals surface area (Å²) < 4.78 is 0. The van der Waals surface area contributed by atoms with Crippen LogP contribution in [0.5, 0.6) is 0 Å². The van der Waals surface area contributed by atoms with E-state index < -0.39 is 0 Å². The van der Waals surface area contributed by atoms with Gasteiger partial charge in [0.2, 0.25) is 5.95 Å². The first kappa shape index (κ1) is 21.5. The summed E-state index contributed by atoms with van der Waals surface area (Å²) in [5.74, 6) is 0.347. The van der Waals surface area contributed by atoms with Crippen LogP contribution in [0.1, 0.15) is 32.7 Å². The average Bonchev–Trinajstić information content (AvgIpc) is 3.09. The molecule has 1 amide bonds. The van der Waals surface area contributed by atoms with Gasteiger partial charge >= 0.3 is 0 Å². The molecule has 0 bridgehead atoms. The number of amides is 1. The molecule has 0 spiro atoms. The molecule has 3 heterocycles. The highest BCUT2D eigenvalue weighted by Crippen LogP contribution is 2.27. The van der Waals surface area contributed by atoms with Crippen molar-refractivity contribution < 1.29 is 4.79 Å². The van der Waals surface area contributed by atoms with Crippen molar-refractivity contribution in [3.05, 3.63) is 70.8 Å². The van der Waals surface area contributed by atoms with E-state index in [1.54, 1.807) is 18.6 Å². The first-order valence-electron chi connectivity index (χ1n) is 10.7. The zero-order valence-corrected chi connectivity index (χ0v) is 19.2. The van der Waals surface area contributed by atoms with Gasteiger partial charge in [0, 0.05) is 61.4 Å². The number of pyridine rings is 1. The molecular formula is C25H28N6O. The fourth-order valence-electron chi connectivity index (χ4n) is 4.03. The van der Waals surface area contributed by atoms with Gasteiger partial charge in [-0.25, -0.2) is 9.97 Å². The molecule has 4 rings (SSSR count). The molecule has 0 fully saturated rings. The fourth-order valence-corrected chi connectivity index (χ4v) is 4.03. The Kier molecular flexibility index (Phi) is 5.90. The van der Waals surface area contributed by atoms with Gasteiger partial charge in [0.15, 0.2) is 0 Å². The predicted octanol–water partition coefficient (Wildman–Crippen LogP) is 3.98. The zero-order valence-electron chi connectivity index (χ0n) is 19.2. The Morgan fingerprint density at radius 3 is 2.69 bits per heavy atom. The Morgan fingerprint density at radius 2 is 1.97 bits per heavy atom. The molecule has 0 aliphatic rings. The molecule has 0 saturated heterocycles. The minimum atomic E-state index is -0.195. The highest BCUT2D eigenvalue weighted by Gasteiger charge is 2.18. The summed E-state index contributed by atoms with van der Waals surface area (Å²) in [4.78, 5) is 31.5. The summed E-state index contributed by atoms with van der Waals surface area (Å²) >= 11 is 0. The Hall–Kier alpha value is -3.74. The molecule has 32 heavy (non-hydrogen) atoms. The van der Waals surface area contributed by atoms with E-state index in [0.717, 1.165) is 17.7 Å². The summed E-state index contributed by atoms with van der Waals surface area (Å²) in [5.41, 5.74) is 7.80. The van der Waals surface area contributed by atoms with Crippen LogP contribution in [0, 0.1) is 20.8 Å². The van der Waals surface area contributed by atoms with E-state index in [9.17, 15) is 4.79 Å². The lowest BCUT2D eigenvalue weighted by atomic mass is 10.0. The van der Waals surface area contributed by atoms with E-state index in [0.29, 0.717) is 23.8 Å². The minimum Gasteiger partial charge on any atom is -0.358 e. The lowest BCUT2D eigenvalue weighted by Gasteiger charge is -2.14. The van der Waals surface area contributed by atoms with Crippen molar-refractivity contribution in [3.63, 3.8) is 0 Å². The SMILES string of the molecule is Cc1cc(C)c2[nH]c(C)c(CCNC(=O)c3cnc(N(C)C)nc3-c3cccnc3)c2c1. The van der Waals surface area contributed by atoms with Gasteiger partial charge in [-0.3, -0.25) is 9.78 Å². The quantitative estimate of drug-likeness (QED) is 0.485. The lowest BCUT2D eigenvalue weighted by molar-refractivity contribution is 0.0954. The number of carbonyl (C=O) groups is 1. The molecule has 0 aliphatic carbocycles. The van der Waals surface area contributed by atoms with Crippen LogP contribution in [0.25, 0.3) is 22.2 Å². The van der Waals surface area contributed by atoms with Crippen molar-refractivity contribution in [2.45, 2.75) is 27.2 Å². The second-order valence-corrected chi connectivity index (χ2v) is 8.31. The number of fused-ring (bicyclic) bond motifs is 1. The maximum Gasteiger partial charge on any atom is 0.255 e. The van der Waals surface area contributed by atoms with Gasteiger partial charge in [-0.2, -0.15) is 0 Å². The van der Waals surface area contributed by atoms with Gasteiger partial charge in [-0.1, -0.05) is 11.6 Å². The van der Waals surface area contributed by atoms with Crippen LogP contribution >= 0.6 is 0 Å². The molecule has 0 unspecified atom stereocenters. The van der Waals surface area contributed by atoms with Crippen molar-refractivity contribution >= 4 is 22.8 Å². The van der Waals surface area contributed by atoms with Crippen molar-refractivity contribution in [2.75, 3.05) is 25.5 Å². The first-order chi connectivity index (χ1) is 15.3. The molecule has 7 heteroatoms. The summed E-state index contributed by atoms with van der Waals surface area (Å²) in [6, 6.07) is 8.11. The van der Waals surface area contributed by atoms with E-state index in [-0.39, 0.29) is 5.91 Å². The molecule has 0 aliphatic heterocycles. The summed E-state index contributed by atoms with van der Waals surface area (Å²) in [6.45, 7) is 6.83. The number of aromatic amines is 1. The lowest BCUT2D eigenvalue weighted by Crippen LogP contribution is -2.27. The van der Waals surface area contributed by atoms with Crippen LogP contribution < -0.4 is 10.2 Å². The van der Waals surface area contributed by atoms with Crippen molar-refractivity contribution in [3.8, 4) is 11.3 Å². The minimum absolute atomic E-state index is 0.195. The third kappa shape index (κ3) is 4.19. The Bertz CT molecular complexity index is 1280. The van der Waals surface area contributed by atoms with Crippen molar-refractivity contribution in [1.29, 1.82) is 0 Å². The Morgan fingerprint density at radius 1 is 1.16 bits per heavy atom. The first-order valence-corrected chi connectivity index (χ1v) is 10.7. The van der Waals surface area contributed by atoms with E-state index >= 15 is 0 Å². The smallest absolute Gasteiger partial charge is 0.255 e. The summed E-state index contributed by atoms with van der Waals surface area (Å²) in [6.07, 6.45) is 5.73. The van der Waals surface area contributed by atoms with Crippen LogP contribution in [-0.2, 0) is 6.42 Å². The van der Waals surface area contributed by atoms with E-state index in [2.05, 4.69) is 58.2 Å². The molecular weight excluding hydrogens is 400 g/mol. The number of hydrogen-bond acceptors (Lipinski definition) is 5. The Balaban J connectivity index is 1.57. The van der Waals surface area contributed by atoms with Crippen molar-refractivity contribution in [2.24, 2.45) is 0 Å². The van der Waals surface area contributed by atoms with Gasteiger partial charge in [0.05, 0.1) is 11.3 Å². The number of aromatic nitrogens is 4. The highest BCUT2D eigenvalue weighted by molar-refractivity contribution is 5.99. The monoisotopic (exact) mass is 428 g/mol. The van der Waals surface area contributed by atoms with E-state index in [1.165, 1.54) is 27.6 Å². The summed E-state index contributed by atoms with van der Waals surface area (Å²) in [7, 11) is 3.74. The number of hydrogen-bond donors (Lipinski definition) is 2. The standard InChI is InChI=1S/C25H28N6O/c1-15-11-16(2)22-20(12-15)19(17(3)29-22)8-10-27-24(32)21-14-28-25(31(4)5)30-23(21)18-7-6-9-26-13-18/h6-7,9,11-14,29H,8,10H2,1-5H3,(H,27,32). The molecule has 2 N–H and O–H groups in total. The molecule has 164 valence electrons. The Labute approximate surface area is 187 Å². The number of nitrogens with zero attached hydrogens (tertiary/aromatic N) is 4. The molecule has 4 aromatic rings. The number of carbonyl (C=O) groups excluding carboxylic acids is 1. The van der Waals surface area contributed by atoms with Crippen molar-refractivity contribution in [1.82, 2.24) is 25.3 Å². The van der Waals surface area contributed by atoms with Gasteiger partial charge in [-0.05, 0) is 56.5 Å². The van der Waals surface area contributed by atoms with Gasteiger partial charge in [-0.15, -0.1) is 0 Å². The van der Waals surface area contributed by atoms with Gasteiger partial charge in [0.25, 0.3) is 5.91 Å². The van der Waals surface area contributed by atoms with Crippen LogP contribution in [0.3, 0.4) is 0 Å². The summed E-state index contributed by atoms with van der Waals surface area (Å²) in [5, 5.41) is 4.28. The van der Waals surface area contributed by atoms with E-state index in [1.807, 2.05) is 31.1 Å². The molecule has 0 atom stereocenters. The second kappa shape index (κ2) is 8.78. The number of nitrogens with one attached hydrogen (secondary N) is 2. The number of anilines is 1. The van der Waals surface area contributed by atoms with Crippen LogP contribution in [0.4, 0.5) is 5.95 Å². The third-order valence-electron chi connectivity index (χ3n) is 5.59. The maximum atomic E-state index is 13.1. The number of rotatable bonds is 6. The second-order valence-electron chi connectivity index (χ2n) is 8.31. The zero-order chi connectivity index (χ0) is 22.8. The number of H-pyrrole nitrogens is 1. The predicted molar refractivity (Wildman–Crippen MR) is 128 cm³/mol. The highest BCUT2D eigenvalue weighted by atomic mass is 16.1. The largest absolute Gasteiger partial charge is 0.358 e.